The molecule has 1 aromatic heterocycles. The molecule has 82 valence electrons. The molecule has 0 amide bonds. The zero-order valence-corrected chi connectivity index (χ0v) is 9.23. The molecule has 0 atom stereocenters. The van der Waals surface area contributed by atoms with Crippen LogP contribution in [0.2, 0.25) is 0 Å². The number of aromatic nitrogens is 1. The summed E-state index contributed by atoms with van der Waals surface area (Å²) in [4.78, 5) is 6.38. The Morgan fingerprint density at radius 2 is 2.33 bits per heavy atom. The predicted octanol–water partition coefficient (Wildman–Crippen LogP) is 1.28. The smallest absolute Gasteiger partial charge is 0.146 e. The summed E-state index contributed by atoms with van der Waals surface area (Å²) in [6, 6.07) is 3.92. The Balaban J connectivity index is 2.33. The number of anilines is 2. The second-order valence-electron chi connectivity index (χ2n) is 4.42. The van der Waals surface area contributed by atoms with Gasteiger partial charge in [0.1, 0.15) is 5.82 Å². The van der Waals surface area contributed by atoms with E-state index in [1.54, 1.807) is 6.20 Å². The summed E-state index contributed by atoms with van der Waals surface area (Å²) in [6.45, 7) is 6.64. The topological polar surface area (TPSA) is 51.4 Å². The van der Waals surface area contributed by atoms with E-state index >= 15 is 0 Å². The van der Waals surface area contributed by atoms with Crippen molar-refractivity contribution in [3.05, 3.63) is 18.3 Å². The first-order valence-electron chi connectivity index (χ1n) is 5.17. The average molecular weight is 207 g/mol. The third-order valence-electron chi connectivity index (χ3n) is 2.75. The number of nitrogens with two attached hydrogens (primary N) is 1. The largest absolute Gasteiger partial charge is 0.382 e. The summed E-state index contributed by atoms with van der Waals surface area (Å²) >= 11 is 0. The molecule has 0 radical (unpaired) electrons. The summed E-state index contributed by atoms with van der Waals surface area (Å²) in [5.41, 5.74) is 6.87. The summed E-state index contributed by atoms with van der Waals surface area (Å²) in [6.07, 6.45) is 1.71. The minimum absolute atomic E-state index is 0.0184. The van der Waals surface area contributed by atoms with E-state index in [0.29, 0.717) is 5.82 Å². The molecule has 4 heteroatoms. The lowest BCUT2D eigenvalue weighted by Gasteiger charge is -2.43. The standard InChI is InChI=1S/C11H17N3O/c1-11(2)8-15-7-6-14(11)9-4-3-5-13-10(9)12/h3-5H,6-8H2,1-2H3,(H2,12,13). The molecule has 0 spiro atoms. The van der Waals surface area contributed by atoms with Gasteiger partial charge in [0.05, 0.1) is 24.4 Å². The molecule has 1 aromatic rings. The zero-order chi connectivity index (χ0) is 10.9. The van der Waals surface area contributed by atoms with Crippen molar-refractivity contribution in [2.24, 2.45) is 0 Å². The van der Waals surface area contributed by atoms with Gasteiger partial charge < -0.3 is 15.4 Å². The Morgan fingerprint density at radius 3 is 3.00 bits per heavy atom. The fourth-order valence-corrected chi connectivity index (χ4v) is 1.94. The van der Waals surface area contributed by atoms with Gasteiger partial charge in [0, 0.05) is 12.7 Å². The lowest BCUT2D eigenvalue weighted by atomic mass is 10.0. The van der Waals surface area contributed by atoms with Gasteiger partial charge in [0.2, 0.25) is 0 Å². The first-order chi connectivity index (χ1) is 7.11. The maximum Gasteiger partial charge on any atom is 0.146 e. The van der Waals surface area contributed by atoms with Gasteiger partial charge in [-0.2, -0.15) is 0 Å². The molecule has 2 N–H and O–H groups in total. The molecule has 1 aliphatic rings. The van der Waals surface area contributed by atoms with Crippen molar-refractivity contribution in [1.29, 1.82) is 0 Å². The van der Waals surface area contributed by atoms with Crippen molar-refractivity contribution in [3.63, 3.8) is 0 Å². The van der Waals surface area contributed by atoms with E-state index in [4.69, 9.17) is 10.5 Å². The van der Waals surface area contributed by atoms with Crippen LogP contribution in [0.3, 0.4) is 0 Å². The molecule has 0 saturated carbocycles. The molecule has 15 heavy (non-hydrogen) atoms. The van der Waals surface area contributed by atoms with E-state index in [1.807, 2.05) is 12.1 Å². The van der Waals surface area contributed by atoms with E-state index in [0.717, 1.165) is 25.4 Å². The molecular formula is C11H17N3O. The van der Waals surface area contributed by atoms with Gasteiger partial charge in [-0.15, -0.1) is 0 Å². The van der Waals surface area contributed by atoms with Crippen LogP contribution in [-0.4, -0.2) is 30.3 Å². The summed E-state index contributed by atoms with van der Waals surface area (Å²) in [5.74, 6) is 0.590. The van der Waals surface area contributed by atoms with E-state index in [1.165, 1.54) is 0 Å². The molecule has 1 fully saturated rings. The molecule has 2 heterocycles. The van der Waals surface area contributed by atoms with Crippen molar-refractivity contribution in [2.75, 3.05) is 30.4 Å². The summed E-state index contributed by atoms with van der Waals surface area (Å²) < 4.78 is 5.47. The predicted molar refractivity (Wildman–Crippen MR) is 60.9 cm³/mol. The minimum atomic E-state index is -0.0184. The SMILES string of the molecule is CC1(C)COCCN1c1cccnc1N. The maximum atomic E-state index is 5.88. The van der Waals surface area contributed by atoms with Crippen molar-refractivity contribution in [1.82, 2.24) is 4.98 Å². The lowest BCUT2D eigenvalue weighted by Crippen LogP contribution is -2.53. The van der Waals surface area contributed by atoms with Crippen molar-refractivity contribution < 1.29 is 4.74 Å². The zero-order valence-electron chi connectivity index (χ0n) is 9.23. The quantitative estimate of drug-likeness (QED) is 0.753. The molecule has 2 rings (SSSR count). The number of ether oxygens (including phenoxy) is 1. The molecule has 0 aliphatic carbocycles. The number of pyridine rings is 1. The van der Waals surface area contributed by atoms with Gasteiger partial charge in [-0.1, -0.05) is 0 Å². The van der Waals surface area contributed by atoms with Crippen LogP contribution in [0, 0.1) is 0 Å². The number of rotatable bonds is 1. The lowest BCUT2D eigenvalue weighted by molar-refractivity contribution is 0.0644. The highest BCUT2D eigenvalue weighted by molar-refractivity contribution is 5.64. The molecule has 0 unspecified atom stereocenters. The number of hydrogen-bond acceptors (Lipinski definition) is 4. The van der Waals surface area contributed by atoms with Crippen molar-refractivity contribution >= 4 is 11.5 Å². The van der Waals surface area contributed by atoms with Gasteiger partial charge in [-0.3, -0.25) is 0 Å². The van der Waals surface area contributed by atoms with Gasteiger partial charge in [-0.05, 0) is 26.0 Å². The monoisotopic (exact) mass is 207 g/mol. The van der Waals surface area contributed by atoms with E-state index in [-0.39, 0.29) is 5.54 Å². The minimum Gasteiger partial charge on any atom is -0.382 e. The third kappa shape index (κ3) is 1.90. The average Bonchev–Trinajstić information content (AvgIpc) is 2.19. The Morgan fingerprint density at radius 1 is 1.53 bits per heavy atom. The van der Waals surface area contributed by atoms with Crippen LogP contribution in [0.25, 0.3) is 0 Å². The maximum absolute atomic E-state index is 5.88. The summed E-state index contributed by atoms with van der Waals surface area (Å²) in [5, 5.41) is 0. The van der Waals surface area contributed by atoms with E-state index in [9.17, 15) is 0 Å². The normalized spacial score (nSPS) is 20.3. The Hall–Kier alpha value is -1.29. The molecule has 0 bridgehead atoms. The van der Waals surface area contributed by atoms with Gasteiger partial charge >= 0.3 is 0 Å². The van der Waals surface area contributed by atoms with Crippen molar-refractivity contribution in [3.8, 4) is 0 Å². The van der Waals surface area contributed by atoms with Crippen LogP contribution in [-0.2, 0) is 4.74 Å². The molecule has 1 saturated heterocycles. The summed E-state index contributed by atoms with van der Waals surface area (Å²) in [7, 11) is 0. The van der Waals surface area contributed by atoms with Gasteiger partial charge in [-0.25, -0.2) is 4.98 Å². The molecule has 4 nitrogen and oxygen atoms in total. The second kappa shape index (κ2) is 3.70. The van der Waals surface area contributed by atoms with Crippen LogP contribution in [0.15, 0.2) is 18.3 Å². The van der Waals surface area contributed by atoms with Gasteiger partial charge in [0.15, 0.2) is 0 Å². The Bertz CT molecular complexity index is 351. The van der Waals surface area contributed by atoms with Gasteiger partial charge in [0.25, 0.3) is 0 Å². The van der Waals surface area contributed by atoms with Crippen LogP contribution in [0.5, 0.6) is 0 Å². The number of morpholine rings is 1. The van der Waals surface area contributed by atoms with Crippen LogP contribution in [0.1, 0.15) is 13.8 Å². The highest BCUT2D eigenvalue weighted by atomic mass is 16.5. The fraction of sp³-hybridized carbons (Fsp3) is 0.545. The van der Waals surface area contributed by atoms with Crippen molar-refractivity contribution in [2.45, 2.75) is 19.4 Å². The Kier molecular flexibility index (Phi) is 2.52. The highest BCUT2D eigenvalue weighted by Gasteiger charge is 2.31. The highest BCUT2D eigenvalue weighted by Crippen LogP contribution is 2.29. The van der Waals surface area contributed by atoms with Crippen LogP contribution < -0.4 is 10.6 Å². The van der Waals surface area contributed by atoms with E-state index in [2.05, 4.69) is 23.7 Å². The first-order valence-corrected chi connectivity index (χ1v) is 5.17. The third-order valence-corrected chi connectivity index (χ3v) is 2.75. The Labute approximate surface area is 90.0 Å². The number of nitrogens with zero attached hydrogens (tertiary/aromatic N) is 2. The number of hydrogen-bond donors (Lipinski definition) is 1. The molecule has 0 aromatic carbocycles. The van der Waals surface area contributed by atoms with E-state index < -0.39 is 0 Å². The second-order valence-corrected chi connectivity index (χ2v) is 4.42. The molecule has 1 aliphatic heterocycles. The van der Waals surface area contributed by atoms with Crippen LogP contribution >= 0.6 is 0 Å². The number of nitrogen functional groups attached to an aromatic ring is 1. The molecular weight excluding hydrogens is 190 g/mol. The van der Waals surface area contributed by atoms with Crippen LogP contribution in [0.4, 0.5) is 11.5 Å². The first kappa shape index (κ1) is 10.2. The fourth-order valence-electron chi connectivity index (χ4n) is 1.94.